The van der Waals surface area contributed by atoms with Crippen molar-refractivity contribution in [1.29, 1.82) is 0 Å². The van der Waals surface area contributed by atoms with Gasteiger partial charge in [-0.15, -0.1) is 0 Å². The first-order valence-electron chi connectivity index (χ1n) is 9.34. The molecular formula is C21H26N2O3. The Kier molecular flexibility index (Phi) is 6.23. The average Bonchev–Trinajstić information content (AvgIpc) is 2.67. The summed E-state index contributed by atoms with van der Waals surface area (Å²) in [5.41, 5.74) is 0.907. The van der Waals surface area contributed by atoms with Gasteiger partial charge in [-0.2, -0.15) is 0 Å². The fourth-order valence-corrected chi connectivity index (χ4v) is 3.61. The highest BCUT2D eigenvalue weighted by atomic mass is 16.3. The highest BCUT2D eigenvalue weighted by Gasteiger charge is 2.23. The molecule has 2 aromatic rings. The molecule has 0 heterocycles. The van der Waals surface area contributed by atoms with Crippen LogP contribution in [0.5, 0.6) is 0 Å². The molecule has 0 saturated heterocycles. The number of hydrogen-bond donors (Lipinski definition) is 3. The van der Waals surface area contributed by atoms with E-state index in [2.05, 4.69) is 10.6 Å². The standard InChI is InChI=1S/C21H26N2O3/c24-14-19(21(26)22-17-10-2-1-3-11-17)23-20(25)13-16-9-6-8-15-7-4-5-12-18(15)16/h4-9,12,17,19,24H,1-3,10-11,13-14H2,(H,22,26)(H,23,25). The van der Waals surface area contributed by atoms with Crippen LogP contribution in [0.3, 0.4) is 0 Å². The monoisotopic (exact) mass is 354 g/mol. The summed E-state index contributed by atoms with van der Waals surface area (Å²) in [6.07, 6.45) is 5.54. The summed E-state index contributed by atoms with van der Waals surface area (Å²) in [6.45, 7) is -0.403. The van der Waals surface area contributed by atoms with Gasteiger partial charge in [0.25, 0.3) is 0 Å². The molecule has 1 fully saturated rings. The first kappa shape index (κ1) is 18.4. The second kappa shape index (κ2) is 8.81. The minimum atomic E-state index is -0.903. The van der Waals surface area contributed by atoms with Gasteiger partial charge >= 0.3 is 0 Å². The summed E-state index contributed by atoms with van der Waals surface area (Å²) >= 11 is 0. The van der Waals surface area contributed by atoms with Crippen LogP contribution in [0, 0.1) is 0 Å². The first-order valence-corrected chi connectivity index (χ1v) is 9.34. The normalized spacial score (nSPS) is 16.2. The zero-order chi connectivity index (χ0) is 18.4. The molecule has 3 rings (SSSR count). The number of fused-ring (bicyclic) bond motifs is 1. The van der Waals surface area contributed by atoms with Gasteiger partial charge in [-0.05, 0) is 29.2 Å². The van der Waals surface area contributed by atoms with Gasteiger partial charge in [-0.25, -0.2) is 0 Å². The quantitative estimate of drug-likeness (QED) is 0.745. The van der Waals surface area contributed by atoms with Gasteiger partial charge in [0.2, 0.25) is 11.8 Å². The van der Waals surface area contributed by atoms with Crippen LogP contribution in [0.25, 0.3) is 10.8 Å². The fraction of sp³-hybridized carbons (Fsp3) is 0.429. The third kappa shape index (κ3) is 4.61. The molecule has 3 N–H and O–H groups in total. The molecule has 1 aliphatic carbocycles. The summed E-state index contributed by atoms with van der Waals surface area (Å²) in [5, 5.41) is 17.3. The lowest BCUT2D eigenvalue weighted by molar-refractivity contribution is -0.130. The summed E-state index contributed by atoms with van der Waals surface area (Å²) in [5.74, 6) is -0.565. The van der Waals surface area contributed by atoms with Crippen molar-refractivity contribution in [3.8, 4) is 0 Å². The van der Waals surface area contributed by atoms with Gasteiger partial charge < -0.3 is 15.7 Å². The lowest BCUT2D eigenvalue weighted by atomic mass is 9.95. The predicted octanol–water partition coefficient (Wildman–Crippen LogP) is 2.31. The number of carbonyl (C=O) groups excluding carboxylic acids is 2. The van der Waals surface area contributed by atoms with Crippen molar-refractivity contribution < 1.29 is 14.7 Å². The molecule has 1 unspecified atom stereocenters. The van der Waals surface area contributed by atoms with Crippen molar-refractivity contribution in [1.82, 2.24) is 10.6 Å². The number of hydrogen-bond acceptors (Lipinski definition) is 3. The Hall–Kier alpha value is -2.40. The lowest BCUT2D eigenvalue weighted by Gasteiger charge is -2.25. The Morgan fingerprint density at radius 3 is 2.54 bits per heavy atom. The van der Waals surface area contributed by atoms with E-state index in [0.717, 1.165) is 42.0 Å². The minimum Gasteiger partial charge on any atom is -0.394 e. The van der Waals surface area contributed by atoms with Gasteiger partial charge in [0.05, 0.1) is 13.0 Å². The average molecular weight is 354 g/mol. The van der Waals surface area contributed by atoms with Crippen molar-refractivity contribution in [3.05, 3.63) is 48.0 Å². The molecule has 2 amide bonds. The summed E-state index contributed by atoms with van der Waals surface area (Å²) in [7, 11) is 0. The Morgan fingerprint density at radius 1 is 1.04 bits per heavy atom. The molecule has 0 aliphatic heterocycles. The zero-order valence-electron chi connectivity index (χ0n) is 14.9. The number of carbonyl (C=O) groups is 2. The molecular weight excluding hydrogens is 328 g/mol. The van der Waals surface area contributed by atoms with Crippen LogP contribution in [0.2, 0.25) is 0 Å². The Bertz CT molecular complexity index is 763. The number of amides is 2. The number of nitrogens with one attached hydrogen (secondary N) is 2. The lowest BCUT2D eigenvalue weighted by Crippen LogP contribution is -2.52. The van der Waals surface area contributed by atoms with Crippen LogP contribution < -0.4 is 10.6 Å². The van der Waals surface area contributed by atoms with Gasteiger partial charge in [0, 0.05) is 6.04 Å². The van der Waals surface area contributed by atoms with Crippen LogP contribution in [0.1, 0.15) is 37.7 Å². The summed E-state index contributed by atoms with van der Waals surface area (Å²) in [6, 6.07) is 13.0. The van der Waals surface area contributed by atoms with E-state index in [4.69, 9.17) is 0 Å². The molecule has 138 valence electrons. The molecule has 0 aromatic heterocycles. The maximum absolute atomic E-state index is 12.4. The third-order valence-corrected chi connectivity index (χ3v) is 5.02. The van der Waals surface area contributed by atoms with E-state index in [1.165, 1.54) is 6.42 Å². The largest absolute Gasteiger partial charge is 0.394 e. The maximum atomic E-state index is 12.4. The molecule has 5 heteroatoms. The highest BCUT2D eigenvalue weighted by molar-refractivity contribution is 5.92. The SMILES string of the molecule is O=C(Cc1cccc2ccccc12)NC(CO)C(=O)NC1CCCCC1. The molecule has 2 aromatic carbocycles. The summed E-state index contributed by atoms with van der Waals surface area (Å²) in [4.78, 5) is 24.8. The zero-order valence-corrected chi connectivity index (χ0v) is 14.9. The smallest absolute Gasteiger partial charge is 0.245 e. The number of benzene rings is 2. The van der Waals surface area contributed by atoms with E-state index in [1.807, 2.05) is 42.5 Å². The second-order valence-electron chi connectivity index (χ2n) is 6.96. The van der Waals surface area contributed by atoms with Crippen LogP contribution in [-0.4, -0.2) is 35.6 Å². The highest BCUT2D eigenvalue weighted by Crippen LogP contribution is 2.19. The number of rotatable bonds is 6. The molecule has 0 spiro atoms. The van der Waals surface area contributed by atoms with Gasteiger partial charge in [0.1, 0.15) is 6.04 Å². The van der Waals surface area contributed by atoms with Crippen molar-refractivity contribution in [2.24, 2.45) is 0 Å². The third-order valence-electron chi connectivity index (χ3n) is 5.02. The van der Waals surface area contributed by atoms with E-state index in [0.29, 0.717) is 0 Å². The molecule has 1 atom stereocenters. The van der Waals surface area contributed by atoms with E-state index in [1.54, 1.807) is 0 Å². The van der Waals surface area contributed by atoms with E-state index < -0.39 is 12.6 Å². The minimum absolute atomic E-state index is 0.153. The van der Waals surface area contributed by atoms with Crippen molar-refractivity contribution >= 4 is 22.6 Å². The van der Waals surface area contributed by atoms with Crippen LogP contribution >= 0.6 is 0 Å². The number of aliphatic hydroxyl groups is 1. The fourth-order valence-electron chi connectivity index (χ4n) is 3.61. The van der Waals surface area contributed by atoms with Crippen LogP contribution in [-0.2, 0) is 16.0 Å². The molecule has 0 bridgehead atoms. The first-order chi connectivity index (χ1) is 12.7. The van der Waals surface area contributed by atoms with E-state index in [-0.39, 0.29) is 24.3 Å². The Balaban J connectivity index is 1.60. The van der Waals surface area contributed by atoms with Gasteiger partial charge in [0.15, 0.2) is 0 Å². The van der Waals surface area contributed by atoms with Crippen molar-refractivity contribution in [3.63, 3.8) is 0 Å². The van der Waals surface area contributed by atoms with E-state index >= 15 is 0 Å². The van der Waals surface area contributed by atoms with Crippen molar-refractivity contribution in [2.75, 3.05) is 6.61 Å². The topological polar surface area (TPSA) is 78.4 Å². The molecule has 1 aliphatic rings. The molecule has 0 radical (unpaired) electrons. The summed E-state index contributed by atoms with van der Waals surface area (Å²) < 4.78 is 0. The number of aliphatic hydroxyl groups excluding tert-OH is 1. The van der Waals surface area contributed by atoms with Gasteiger partial charge in [-0.3, -0.25) is 9.59 Å². The predicted molar refractivity (Wildman–Crippen MR) is 102 cm³/mol. The Labute approximate surface area is 153 Å². The van der Waals surface area contributed by atoms with Crippen LogP contribution in [0.4, 0.5) is 0 Å². The molecule has 5 nitrogen and oxygen atoms in total. The molecule has 1 saturated carbocycles. The van der Waals surface area contributed by atoms with Crippen molar-refractivity contribution in [2.45, 2.75) is 50.6 Å². The van der Waals surface area contributed by atoms with E-state index in [9.17, 15) is 14.7 Å². The maximum Gasteiger partial charge on any atom is 0.245 e. The Morgan fingerprint density at radius 2 is 1.77 bits per heavy atom. The second-order valence-corrected chi connectivity index (χ2v) is 6.96. The van der Waals surface area contributed by atoms with Gasteiger partial charge in [-0.1, -0.05) is 61.7 Å². The van der Waals surface area contributed by atoms with Crippen LogP contribution in [0.15, 0.2) is 42.5 Å². The molecule has 26 heavy (non-hydrogen) atoms.